The average molecular weight is 347 g/mol. The molecule has 4 nitrogen and oxygen atoms in total. The van der Waals surface area contributed by atoms with Crippen molar-refractivity contribution < 1.29 is 8.42 Å². The second kappa shape index (κ2) is 4.91. The van der Waals surface area contributed by atoms with Crippen molar-refractivity contribution in [1.29, 1.82) is 0 Å². The Bertz CT molecular complexity index is 643. The lowest BCUT2D eigenvalue weighted by Crippen LogP contribution is -2.13. The van der Waals surface area contributed by atoms with Crippen LogP contribution in [0.4, 0.5) is 11.4 Å². The highest BCUT2D eigenvalue weighted by atomic mass is 79.9. The zero-order valence-electron chi connectivity index (χ0n) is 9.48. The molecule has 0 unspecified atom stereocenters. The molecule has 0 saturated carbocycles. The van der Waals surface area contributed by atoms with Gasteiger partial charge in [0.25, 0.3) is 10.0 Å². The number of hydrogen-bond donors (Lipinski definition) is 2. The first-order valence-corrected chi connectivity index (χ1v) is 8.17. The van der Waals surface area contributed by atoms with Crippen molar-refractivity contribution in [2.75, 3.05) is 10.5 Å². The third-order valence-electron chi connectivity index (χ3n) is 2.33. The number of sulfonamides is 1. The minimum atomic E-state index is -3.55. The Kier molecular flexibility index (Phi) is 3.65. The molecule has 1 aromatic heterocycles. The van der Waals surface area contributed by atoms with Crippen LogP contribution in [-0.2, 0) is 10.0 Å². The average Bonchev–Trinajstić information content (AvgIpc) is 2.77. The van der Waals surface area contributed by atoms with Crippen LogP contribution in [0.2, 0.25) is 0 Å². The molecule has 7 heteroatoms. The first-order valence-electron chi connectivity index (χ1n) is 5.02. The predicted octanol–water partition coefficient (Wildman–Crippen LogP) is 3.20. The molecule has 2 rings (SSSR count). The monoisotopic (exact) mass is 346 g/mol. The van der Waals surface area contributed by atoms with Gasteiger partial charge in [-0.1, -0.05) is 22.0 Å². The first-order chi connectivity index (χ1) is 8.40. The molecule has 0 bridgehead atoms. The lowest BCUT2D eigenvalue weighted by atomic mass is 10.2. The van der Waals surface area contributed by atoms with Crippen LogP contribution in [0.1, 0.15) is 5.56 Å². The van der Waals surface area contributed by atoms with E-state index in [1.807, 2.05) is 6.07 Å². The molecule has 0 aliphatic rings. The Morgan fingerprint density at radius 3 is 2.67 bits per heavy atom. The molecule has 0 saturated heterocycles. The van der Waals surface area contributed by atoms with E-state index in [0.29, 0.717) is 11.4 Å². The largest absolute Gasteiger partial charge is 0.397 e. The van der Waals surface area contributed by atoms with Crippen molar-refractivity contribution in [1.82, 2.24) is 0 Å². The molecule has 0 fully saturated rings. The number of benzene rings is 1. The van der Waals surface area contributed by atoms with Crippen molar-refractivity contribution in [3.8, 4) is 0 Å². The zero-order valence-corrected chi connectivity index (χ0v) is 12.7. The summed E-state index contributed by atoms with van der Waals surface area (Å²) >= 11 is 4.47. The Morgan fingerprint density at radius 1 is 1.39 bits per heavy atom. The van der Waals surface area contributed by atoms with Gasteiger partial charge in [-0.3, -0.25) is 4.72 Å². The van der Waals surface area contributed by atoms with Crippen LogP contribution in [-0.4, -0.2) is 8.42 Å². The van der Waals surface area contributed by atoms with E-state index in [9.17, 15) is 8.42 Å². The van der Waals surface area contributed by atoms with Crippen molar-refractivity contribution in [2.24, 2.45) is 0 Å². The normalized spacial score (nSPS) is 11.4. The molecule has 0 aliphatic heterocycles. The van der Waals surface area contributed by atoms with Gasteiger partial charge >= 0.3 is 0 Å². The van der Waals surface area contributed by atoms with Gasteiger partial charge in [0, 0.05) is 4.47 Å². The summed E-state index contributed by atoms with van der Waals surface area (Å²) < 4.78 is 27.8. The summed E-state index contributed by atoms with van der Waals surface area (Å²) in [5.74, 6) is 0. The first kappa shape index (κ1) is 13.4. The standard InChI is InChI=1S/C11H11BrN2O2S2/c1-7-5-8(12)6-9(13)11(7)14-18(15,16)10-3-2-4-17-10/h2-6,14H,13H2,1H3. The number of nitrogen functional groups attached to an aromatic ring is 1. The van der Waals surface area contributed by atoms with Gasteiger partial charge < -0.3 is 5.73 Å². The van der Waals surface area contributed by atoms with Crippen LogP contribution in [0.25, 0.3) is 0 Å². The van der Waals surface area contributed by atoms with E-state index in [-0.39, 0.29) is 4.21 Å². The molecule has 1 heterocycles. The quantitative estimate of drug-likeness (QED) is 0.838. The fraction of sp³-hybridized carbons (Fsp3) is 0.0909. The molecule has 96 valence electrons. The minimum Gasteiger partial charge on any atom is -0.397 e. The van der Waals surface area contributed by atoms with E-state index in [2.05, 4.69) is 20.7 Å². The van der Waals surface area contributed by atoms with Crippen LogP contribution in [0, 0.1) is 6.92 Å². The SMILES string of the molecule is Cc1cc(Br)cc(N)c1NS(=O)(=O)c1cccs1. The molecule has 0 amide bonds. The Balaban J connectivity index is 2.42. The maximum absolute atomic E-state index is 12.1. The summed E-state index contributed by atoms with van der Waals surface area (Å²) in [5, 5.41) is 1.71. The second-order valence-electron chi connectivity index (χ2n) is 3.72. The Morgan fingerprint density at radius 2 is 2.11 bits per heavy atom. The smallest absolute Gasteiger partial charge is 0.271 e. The second-order valence-corrected chi connectivity index (χ2v) is 7.50. The number of nitrogens with one attached hydrogen (secondary N) is 1. The molecule has 1 aromatic carbocycles. The van der Waals surface area contributed by atoms with Gasteiger partial charge in [0.2, 0.25) is 0 Å². The number of rotatable bonds is 3. The van der Waals surface area contributed by atoms with E-state index in [1.54, 1.807) is 30.5 Å². The number of aryl methyl sites for hydroxylation is 1. The Hall–Kier alpha value is -1.05. The van der Waals surface area contributed by atoms with Gasteiger partial charge in [-0.25, -0.2) is 8.42 Å². The van der Waals surface area contributed by atoms with Crippen LogP contribution >= 0.6 is 27.3 Å². The van der Waals surface area contributed by atoms with Crippen molar-refractivity contribution in [2.45, 2.75) is 11.1 Å². The molecule has 0 spiro atoms. The van der Waals surface area contributed by atoms with Crippen molar-refractivity contribution >= 4 is 48.7 Å². The summed E-state index contributed by atoms with van der Waals surface area (Å²) in [6.45, 7) is 1.80. The highest BCUT2D eigenvalue weighted by Gasteiger charge is 2.17. The van der Waals surface area contributed by atoms with Crippen molar-refractivity contribution in [3.05, 3.63) is 39.7 Å². The van der Waals surface area contributed by atoms with Crippen LogP contribution in [0.15, 0.2) is 38.3 Å². The molecule has 3 N–H and O–H groups in total. The third-order valence-corrected chi connectivity index (χ3v) is 5.53. The molecular formula is C11H11BrN2O2S2. The maximum atomic E-state index is 12.1. The molecular weight excluding hydrogens is 336 g/mol. The molecule has 2 aromatic rings. The number of anilines is 2. The summed E-state index contributed by atoms with van der Waals surface area (Å²) in [4.78, 5) is 0. The van der Waals surface area contributed by atoms with Gasteiger partial charge in [0.1, 0.15) is 4.21 Å². The Labute approximate surface area is 118 Å². The summed E-state index contributed by atoms with van der Waals surface area (Å²) in [5.41, 5.74) is 7.41. The summed E-state index contributed by atoms with van der Waals surface area (Å²) in [6.07, 6.45) is 0. The highest BCUT2D eigenvalue weighted by Crippen LogP contribution is 2.30. The minimum absolute atomic E-state index is 0.268. The lowest BCUT2D eigenvalue weighted by Gasteiger charge is -2.12. The molecule has 0 aliphatic carbocycles. The molecule has 18 heavy (non-hydrogen) atoms. The van der Waals surface area contributed by atoms with E-state index in [1.165, 1.54) is 0 Å². The van der Waals surface area contributed by atoms with Gasteiger partial charge in [-0.15, -0.1) is 11.3 Å². The molecule has 0 atom stereocenters. The van der Waals surface area contributed by atoms with Gasteiger partial charge in [0.05, 0.1) is 11.4 Å². The summed E-state index contributed by atoms with van der Waals surface area (Å²) in [7, 11) is -3.55. The fourth-order valence-corrected chi connectivity index (χ4v) is 4.25. The van der Waals surface area contributed by atoms with Gasteiger partial charge in [-0.05, 0) is 36.1 Å². The number of hydrogen-bond acceptors (Lipinski definition) is 4. The van der Waals surface area contributed by atoms with E-state index in [4.69, 9.17) is 5.73 Å². The topological polar surface area (TPSA) is 72.2 Å². The van der Waals surface area contributed by atoms with Gasteiger partial charge in [-0.2, -0.15) is 0 Å². The summed E-state index contributed by atoms with van der Waals surface area (Å²) in [6, 6.07) is 6.72. The van der Waals surface area contributed by atoms with Gasteiger partial charge in [0.15, 0.2) is 0 Å². The maximum Gasteiger partial charge on any atom is 0.271 e. The van der Waals surface area contributed by atoms with E-state index >= 15 is 0 Å². The number of thiophene rings is 1. The van der Waals surface area contributed by atoms with Crippen LogP contribution < -0.4 is 10.5 Å². The van der Waals surface area contributed by atoms with E-state index in [0.717, 1.165) is 21.4 Å². The highest BCUT2D eigenvalue weighted by molar-refractivity contribution is 9.10. The van der Waals surface area contributed by atoms with Crippen LogP contribution in [0.3, 0.4) is 0 Å². The number of nitrogens with two attached hydrogens (primary N) is 1. The predicted molar refractivity (Wildman–Crippen MR) is 78.4 cm³/mol. The third kappa shape index (κ3) is 2.68. The number of halogens is 1. The van der Waals surface area contributed by atoms with Crippen molar-refractivity contribution in [3.63, 3.8) is 0 Å². The van der Waals surface area contributed by atoms with E-state index < -0.39 is 10.0 Å². The fourth-order valence-electron chi connectivity index (χ4n) is 1.51. The molecule has 0 radical (unpaired) electrons. The zero-order chi connectivity index (χ0) is 13.3. The lowest BCUT2D eigenvalue weighted by molar-refractivity contribution is 0.603. The van der Waals surface area contributed by atoms with Crippen LogP contribution in [0.5, 0.6) is 0 Å².